The Labute approximate surface area is 214 Å². The van der Waals surface area contributed by atoms with Gasteiger partial charge in [0.05, 0.1) is 17.1 Å². The number of halogens is 1. The summed E-state index contributed by atoms with van der Waals surface area (Å²) < 4.78 is 17.4. The third-order valence-electron chi connectivity index (χ3n) is 7.49. The van der Waals surface area contributed by atoms with Crippen LogP contribution in [0.25, 0.3) is 27.6 Å². The molecule has 3 heterocycles. The van der Waals surface area contributed by atoms with Crippen LogP contribution in [0.3, 0.4) is 0 Å². The van der Waals surface area contributed by atoms with Gasteiger partial charge in [0.15, 0.2) is 5.82 Å². The number of aryl methyl sites for hydroxylation is 1. The van der Waals surface area contributed by atoms with E-state index < -0.39 is 0 Å². The fourth-order valence-electron chi connectivity index (χ4n) is 5.25. The number of aromatic nitrogens is 5. The standard InChI is InChI=1S/C29H28FN7/c1-16(19-10-9-13-25(27(19)30)37-24-12-8-7-11-22(24)34-35-37)31-28-20-14-26-21(15-23(20)32-18(3)33-28)29(4,5)17(2)36(26)6/h7-16H,2H2,1,3-6H3,(H,31,32,33)/t16-/m1/s1. The van der Waals surface area contributed by atoms with Gasteiger partial charge in [-0.25, -0.2) is 19.0 Å². The molecule has 0 amide bonds. The molecule has 3 aromatic carbocycles. The summed E-state index contributed by atoms with van der Waals surface area (Å²) in [5.74, 6) is 0.956. The van der Waals surface area contributed by atoms with E-state index in [2.05, 4.69) is 53.1 Å². The molecule has 0 unspecified atom stereocenters. The minimum absolute atomic E-state index is 0.187. The molecule has 1 N–H and O–H groups in total. The summed E-state index contributed by atoms with van der Waals surface area (Å²) in [7, 11) is 2.03. The number of hydrogen-bond donors (Lipinski definition) is 1. The second-order valence-corrected chi connectivity index (χ2v) is 10.2. The van der Waals surface area contributed by atoms with Crippen LogP contribution >= 0.6 is 0 Å². The van der Waals surface area contributed by atoms with Crippen molar-refractivity contribution in [2.45, 2.75) is 39.2 Å². The van der Waals surface area contributed by atoms with E-state index in [1.807, 2.05) is 51.2 Å². The van der Waals surface area contributed by atoms with Gasteiger partial charge in [0.2, 0.25) is 0 Å². The van der Waals surface area contributed by atoms with Gasteiger partial charge in [0, 0.05) is 34.8 Å². The number of likely N-dealkylation sites (N-methyl/N-ethyl adjacent to an activating group) is 1. The number of benzene rings is 3. The first kappa shape index (κ1) is 23.1. The fourth-order valence-corrected chi connectivity index (χ4v) is 5.25. The molecule has 0 radical (unpaired) electrons. The first-order valence-corrected chi connectivity index (χ1v) is 12.3. The van der Waals surface area contributed by atoms with Gasteiger partial charge < -0.3 is 10.2 Å². The number of nitrogens with zero attached hydrogens (tertiary/aromatic N) is 6. The van der Waals surface area contributed by atoms with Crippen LogP contribution in [0.15, 0.2) is 66.9 Å². The van der Waals surface area contributed by atoms with E-state index in [4.69, 9.17) is 9.97 Å². The third kappa shape index (κ3) is 3.47. The Kier molecular flexibility index (Phi) is 5.05. The molecular weight excluding hydrogens is 465 g/mol. The van der Waals surface area contributed by atoms with E-state index >= 15 is 4.39 Å². The highest BCUT2D eigenvalue weighted by molar-refractivity contribution is 5.95. The van der Waals surface area contributed by atoms with Crippen LogP contribution in [0.1, 0.15) is 43.8 Å². The van der Waals surface area contributed by atoms with E-state index in [0.29, 0.717) is 28.4 Å². The SMILES string of the molecule is C=C1N(C)c2cc3c(N[C@H](C)c4cccc(-n5nnc6ccccc65)c4F)nc(C)nc3cc2C1(C)C. The second kappa shape index (κ2) is 8.09. The van der Waals surface area contributed by atoms with E-state index in [9.17, 15) is 0 Å². The Morgan fingerprint density at radius 1 is 1.00 bits per heavy atom. The molecule has 1 aliphatic rings. The largest absolute Gasteiger partial charge is 0.363 e. The van der Waals surface area contributed by atoms with Crippen LogP contribution in [-0.2, 0) is 5.41 Å². The lowest BCUT2D eigenvalue weighted by Gasteiger charge is -2.22. The van der Waals surface area contributed by atoms with Gasteiger partial charge in [-0.3, -0.25) is 0 Å². The molecule has 0 spiro atoms. The Morgan fingerprint density at radius 2 is 1.78 bits per heavy atom. The monoisotopic (exact) mass is 493 g/mol. The highest BCUT2D eigenvalue weighted by Gasteiger charge is 2.38. The molecule has 0 saturated heterocycles. The minimum atomic E-state index is -0.371. The van der Waals surface area contributed by atoms with Crippen LogP contribution in [0.4, 0.5) is 15.9 Å². The van der Waals surface area contributed by atoms with Gasteiger partial charge in [0.1, 0.15) is 22.8 Å². The van der Waals surface area contributed by atoms with Crippen LogP contribution in [0.5, 0.6) is 0 Å². The van der Waals surface area contributed by atoms with E-state index in [1.165, 1.54) is 5.56 Å². The maximum Gasteiger partial charge on any atom is 0.154 e. The number of hydrogen-bond acceptors (Lipinski definition) is 6. The predicted octanol–water partition coefficient (Wildman–Crippen LogP) is 6.23. The molecule has 5 aromatic rings. The van der Waals surface area contributed by atoms with Crippen molar-refractivity contribution >= 4 is 33.4 Å². The number of anilines is 2. The Hall–Kier alpha value is -4.33. The van der Waals surface area contributed by atoms with Gasteiger partial charge in [-0.05, 0) is 49.7 Å². The lowest BCUT2D eigenvalue weighted by atomic mass is 9.84. The van der Waals surface area contributed by atoms with Gasteiger partial charge in [-0.15, -0.1) is 5.10 Å². The zero-order valence-corrected chi connectivity index (χ0v) is 21.5. The summed E-state index contributed by atoms with van der Waals surface area (Å²) in [6.45, 7) is 12.4. The minimum Gasteiger partial charge on any atom is -0.363 e. The zero-order chi connectivity index (χ0) is 26.1. The van der Waals surface area contributed by atoms with Crippen molar-refractivity contribution in [3.8, 4) is 5.69 Å². The van der Waals surface area contributed by atoms with Gasteiger partial charge >= 0.3 is 0 Å². The third-order valence-corrected chi connectivity index (χ3v) is 7.49. The number of allylic oxidation sites excluding steroid dienone is 1. The van der Waals surface area contributed by atoms with E-state index in [1.54, 1.807) is 16.8 Å². The molecule has 2 aromatic heterocycles. The maximum atomic E-state index is 15.9. The fraction of sp³-hybridized carbons (Fsp3) is 0.241. The summed E-state index contributed by atoms with van der Waals surface area (Å²) in [5.41, 5.74) is 6.28. The molecule has 1 atom stereocenters. The predicted molar refractivity (Wildman–Crippen MR) is 146 cm³/mol. The molecule has 37 heavy (non-hydrogen) atoms. The highest BCUT2D eigenvalue weighted by atomic mass is 19.1. The number of fused-ring (bicyclic) bond motifs is 3. The summed E-state index contributed by atoms with van der Waals surface area (Å²) >= 11 is 0. The van der Waals surface area contributed by atoms with E-state index in [-0.39, 0.29) is 17.3 Å². The summed E-state index contributed by atoms with van der Waals surface area (Å²) in [6.07, 6.45) is 0. The van der Waals surface area contributed by atoms with Gasteiger partial charge in [-0.1, -0.05) is 49.9 Å². The highest BCUT2D eigenvalue weighted by Crippen LogP contribution is 2.48. The Morgan fingerprint density at radius 3 is 2.59 bits per heavy atom. The summed E-state index contributed by atoms with van der Waals surface area (Å²) in [5, 5.41) is 12.7. The molecule has 6 rings (SSSR count). The molecule has 7 nitrogen and oxygen atoms in total. The van der Waals surface area contributed by atoms with Crippen molar-refractivity contribution in [3.63, 3.8) is 0 Å². The molecule has 0 bridgehead atoms. The van der Waals surface area contributed by atoms with Crippen LogP contribution in [0, 0.1) is 12.7 Å². The van der Waals surface area contributed by atoms with Crippen molar-refractivity contribution in [2.75, 3.05) is 17.3 Å². The van der Waals surface area contributed by atoms with Crippen LogP contribution in [0.2, 0.25) is 0 Å². The van der Waals surface area contributed by atoms with Crippen molar-refractivity contribution in [1.82, 2.24) is 25.0 Å². The second-order valence-electron chi connectivity index (χ2n) is 10.2. The lowest BCUT2D eigenvalue weighted by Crippen LogP contribution is -2.21. The van der Waals surface area contributed by atoms with Crippen molar-refractivity contribution in [1.29, 1.82) is 0 Å². The van der Waals surface area contributed by atoms with Gasteiger partial charge in [-0.2, -0.15) is 0 Å². The zero-order valence-electron chi connectivity index (χ0n) is 21.5. The number of nitrogens with one attached hydrogen (secondary N) is 1. The molecule has 0 saturated carbocycles. The first-order chi connectivity index (χ1) is 17.7. The summed E-state index contributed by atoms with van der Waals surface area (Å²) in [4.78, 5) is 11.5. The number of rotatable bonds is 4. The van der Waals surface area contributed by atoms with E-state index in [0.717, 1.165) is 27.8 Å². The molecule has 186 valence electrons. The quantitative estimate of drug-likeness (QED) is 0.320. The molecule has 0 fully saturated rings. The average molecular weight is 494 g/mol. The molecular formula is C29H28FN7. The number of para-hydroxylation sites is 1. The van der Waals surface area contributed by atoms with Crippen molar-refractivity contribution in [2.24, 2.45) is 0 Å². The first-order valence-electron chi connectivity index (χ1n) is 12.3. The average Bonchev–Trinajstić information content (AvgIpc) is 3.37. The van der Waals surface area contributed by atoms with Crippen molar-refractivity contribution < 1.29 is 4.39 Å². The normalized spacial score (nSPS) is 15.4. The Bertz CT molecular complexity index is 1720. The smallest absolute Gasteiger partial charge is 0.154 e. The Balaban J connectivity index is 1.42. The lowest BCUT2D eigenvalue weighted by molar-refractivity contribution is 0.585. The van der Waals surface area contributed by atoms with Crippen LogP contribution in [-0.4, -0.2) is 32.0 Å². The molecule has 1 aliphatic heterocycles. The topological polar surface area (TPSA) is 71.8 Å². The van der Waals surface area contributed by atoms with Gasteiger partial charge in [0.25, 0.3) is 0 Å². The molecule has 8 heteroatoms. The molecule has 0 aliphatic carbocycles. The van der Waals surface area contributed by atoms with Crippen LogP contribution < -0.4 is 10.2 Å². The maximum absolute atomic E-state index is 15.9. The van der Waals surface area contributed by atoms with Crippen molar-refractivity contribution in [3.05, 3.63) is 89.6 Å². The summed E-state index contributed by atoms with van der Waals surface area (Å²) in [6, 6.07) is 16.7.